The number of furan rings is 1. The second-order valence-electron chi connectivity index (χ2n) is 6.72. The summed E-state index contributed by atoms with van der Waals surface area (Å²) in [4.78, 5) is 25.9. The maximum Gasteiger partial charge on any atom is 0.262 e. The second kappa shape index (κ2) is 9.82. The molecule has 1 aromatic heterocycles. The first-order valence-corrected chi connectivity index (χ1v) is 9.48. The average Bonchev–Trinajstić information content (AvgIpc) is 3.21. The fourth-order valence-corrected chi connectivity index (χ4v) is 2.99. The lowest BCUT2D eigenvalue weighted by Gasteiger charge is -2.26. The summed E-state index contributed by atoms with van der Waals surface area (Å²) in [7, 11) is 0. The lowest BCUT2D eigenvalue weighted by molar-refractivity contribution is -0.117. The number of ether oxygens (including phenoxy) is 1. The van der Waals surface area contributed by atoms with Crippen molar-refractivity contribution in [3.05, 3.63) is 53.3 Å². The van der Waals surface area contributed by atoms with Crippen LogP contribution in [0.1, 0.15) is 23.0 Å². The van der Waals surface area contributed by atoms with Crippen molar-refractivity contribution in [2.45, 2.75) is 6.92 Å². The smallest absolute Gasteiger partial charge is 0.262 e. The Bertz CT molecular complexity index is 932. The van der Waals surface area contributed by atoms with Gasteiger partial charge in [0.25, 0.3) is 5.91 Å². The molecule has 150 valence electrons. The maximum absolute atomic E-state index is 12.3. The molecule has 1 N–H and O–H groups in total. The third kappa shape index (κ3) is 5.64. The number of carbonyl (C=O) groups excluding carboxylic acids is 2. The molecule has 7 nitrogen and oxygen atoms in total. The van der Waals surface area contributed by atoms with E-state index >= 15 is 0 Å². The Balaban J connectivity index is 1.60. The highest BCUT2D eigenvalue weighted by Gasteiger charge is 2.13. The fourth-order valence-electron chi connectivity index (χ4n) is 2.99. The van der Waals surface area contributed by atoms with E-state index in [0.29, 0.717) is 36.8 Å². The summed E-state index contributed by atoms with van der Waals surface area (Å²) in [5, 5.41) is 12.1. The first-order valence-electron chi connectivity index (χ1n) is 9.48. The number of amides is 1. The van der Waals surface area contributed by atoms with E-state index in [1.54, 1.807) is 36.4 Å². The molecule has 1 aliphatic heterocycles. The minimum atomic E-state index is -0.426. The summed E-state index contributed by atoms with van der Waals surface area (Å²) < 4.78 is 11.0. The molecule has 1 amide bonds. The third-order valence-electron chi connectivity index (χ3n) is 4.67. The summed E-state index contributed by atoms with van der Waals surface area (Å²) in [5.74, 6) is 0.578. The van der Waals surface area contributed by atoms with Crippen molar-refractivity contribution in [2.24, 2.45) is 0 Å². The zero-order chi connectivity index (χ0) is 20.6. The zero-order valence-electron chi connectivity index (χ0n) is 16.3. The Kier molecular flexibility index (Phi) is 6.95. The van der Waals surface area contributed by atoms with Crippen LogP contribution < -0.4 is 5.32 Å². The predicted molar refractivity (Wildman–Crippen MR) is 108 cm³/mol. The van der Waals surface area contributed by atoms with Crippen LogP contribution in [0.15, 0.2) is 46.4 Å². The van der Waals surface area contributed by atoms with Crippen molar-refractivity contribution in [1.82, 2.24) is 10.2 Å². The van der Waals surface area contributed by atoms with Crippen LogP contribution in [-0.4, -0.2) is 56.0 Å². The summed E-state index contributed by atoms with van der Waals surface area (Å²) in [6.07, 6.45) is 1.43. The molecule has 0 spiro atoms. The molecule has 0 unspecified atom stereocenters. The van der Waals surface area contributed by atoms with E-state index < -0.39 is 5.91 Å². The van der Waals surface area contributed by atoms with E-state index in [4.69, 9.17) is 9.15 Å². The van der Waals surface area contributed by atoms with E-state index in [1.165, 1.54) is 13.0 Å². The molecule has 0 saturated carbocycles. The Morgan fingerprint density at radius 1 is 1.17 bits per heavy atom. The molecule has 3 rings (SSSR count). The first kappa shape index (κ1) is 20.5. The summed E-state index contributed by atoms with van der Waals surface area (Å²) in [6, 6.07) is 12.5. The highest BCUT2D eigenvalue weighted by atomic mass is 16.5. The Morgan fingerprint density at radius 3 is 2.55 bits per heavy atom. The summed E-state index contributed by atoms with van der Waals surface area (Å²) >= 11 is 0. The highest BCUT2D eigenvalue weighted by molar-refractivity contribution is 6.01. The van der Waals surface area contributed by atoms with Gasteiger partial charge in [-0.15, -0.1) is 0 Å². The molecule has 0 radical (unpaired) electrons. The molecule has 2 aromatic rings. The number of nitriles is 1. The van der Waals surface area contributed by atoms with E-state index in [9.17, 15) is 14.9 Å². The molecule has 29 heavy (non-hydrogen) atoms. The van der Waals surface area contributed by atoms with Crippen molar-refractivity contribution >= 4 is 17.8 Å². The number of Topliss-reactive ketones (excluding diaryl/α,β-unsaturated/α-hetero) is 1. The number of nitrogens with one attached hydrogen (secondary N) is 1. The van der Waals surface area contributed by atoms with Gasteiger partial charge in [0.15, 0.2) is 5.78 Å². The molecule has 1 saturated heterocycles. The quantitative estimate of drug-likeness (QED) is 0.441. The topological polar surface area (TPSA) is 95.6 Å². The van der Waals surface area contributed by atoms with E-state index in [1.807, 2.05) is 6.07 Å². The highest BCUT2D eigenvalue weighted by Crippen LogP contribution is 2.24. The van der Waals surface area contributed by atoms with Gasteiger partial charge in [0.1, 0.15) is 23.2 Å². The van der Waals surface area contributed by atoms with E-state index in [0.717, 1.165) is 25.2 Å². The van der Waals surface area contributed by atoms with Gasteiger partial charge in [-0.25, -0.2) is 0 Å². The number of rotatable bonds is 7. The fraction of sp³-hybridized carbons (Fsp3) is 0.318. The van der Waals surface area contributed by atoms with Crippen LogP contribution in [0.3, 0.4) is 0 Å². The standard InChI is InChI=1S/C22H23N3O4/c1-16(26)17-2-4-18(5-3-17)21-7-6-20(29-21)14-19(15-23)22(27)24-8-9-25-10-12-28-13-11-25/h2-7,14H,8-13H2,1H3,(H,24,27)/b19-14+. The van der Waals surface area contributed by atoms with Gasteiger partial charge < -0.3 is 14.5 Å². The Hall–Kier alpha value is -3.21. The van der Waals surface area contributed by atoms with Crippen LogP contribution in [0.25, 0.3) is 17.4 Å². The normalized spacial score (nSPS) is 15.0. The molecule has 1 aliphatic rings. The number of hydrogen-bond donors (Lipinski definition) is 1. The van der Waals surface area contributed by atoms with Crippen LogP contribution in [0, 0.1) is 11.3 Å². The first-order chi connectivity index (χ1) is 14.1. The van der Waals surface area contributed by atoms with Gasteiger partial charge >= 0.3 is 0 Å². The van der Waals surface area contributed by atoms with Crippen molar-refractivity contribution in [3.8, 4) is 17.4 Å². The third-order valence-corrected chi connectivity index (χ3v) is 4.67. The van der Waals surface area contributed by atoms with Crippen LogP contribution >= 0.6 is 0 Å². The monoisotopic (exact) mass is 393 g/mol. The Morgan fingerprint density at radius 2 is 1.90 bits per heavy atom. The molecule has 7 heteroatoms. The molecule has 0 atom stereocenters. The average molecular weight is 393 g/mol. The van der Waals surface area contributed by atoms with Crippen LogP contribution in [-0.2, 0) is 9.53 Å². The molecule has 1 aromatic carbocycles. The lowest BCUT2D eigenvalue weighted by atomic mass is 10.1. The lowest BCUT2D eigenvalue weighted by Crippen LogP contribution is -2.41. The SMILES string of the molecule is CC(=O)c1ccc(-c2ccc(/C=C(\C#N)C(=O)NCCN3CCOCC3)o2)cc1. The zero-order valence-corrected chi connectivity index (χ0v) is 16.3. The van der Waals surface area contributed by atoms with Crippen LogP contribution in [0.2, 0.25) is 0 Å². The number of hydrogen-bond acceptors (Lipinski definition) is 6. The van der Waals surface area contributed by atoms with Gasteiger partial charge in [-0.2, -0.15) is 5.26 Å². The van der Waals surface area contributed by atoms with Gasteiger partial charge in [0.05, 0.1) is 13.2 Å². The molecular formula is C22H23N3O4. The van der Waals surface area contributed by atoms with Crippen LogP contribution in [0.5, 0.6) is 0 Å². The van der Waals surface area contributed by atoms with E-state index in [-0.39, 0.29) is 11.4 Å². The Labute approximate surface area is 169 Å². The molecule has 0 bridgehead atoms. The number of morpholine rings is 1. The maximum atomic E-state index is 12.3. The van der Waals surface area contributed by atoms with Gasteiger partial charge in [-0.3, -0.25) is 14.5 Å². The predicted octanol–water partition coefficient (Wildman–Crippen LogP) is 2.50. The number of benzene rings is 1. The van der Waals surface area contributed by atoms with Gasteiger partial charge in [0.2, 0.25) is 0 Å². The molecule has 2 heterocycles. The van der Waals surface area contributed by atoms with Crippen molar-refractivity contribution < 1.29 is 18.7 Å². The number of ketones is 1. The van der Waals surface area contributed by atoms with Crippen molar-refractivity contribution in [3.63, 3.8) is 0 Å². The summed E-state index contributed by atoms with van der Waals surface area (Å²) in [5.41, 5.74) is 1.42. The number of nitrogens with zero attached hydrogens (tertiary/aromatic N) is 2. The minimum absolute atomic E-state index is 0.00193. The van der Waals surface area contributed by atoms with Gasteiger partial charge in [-0.1, -0.05) is 24.3 Å². The summed E-state index contributed by atoms with van der Waals surface area (Å²) in [6.45, 7) is 5.79. The van der Waals surface area contributed by atoms with Gasteiger partial charge in [0, 0.05) is 43.4 Å². The second-order valence-corrected chi connectivity index (χ2v) is 6.72. The molecule has 0 aliphatic carbocycles. The largest absolute Gasteiger partial charge is 0.457 e. The number of carbonyl (C=O) groups is 2. The minimum Gasteiger partial charge on any atom is -0.457 e. The molecule has 1 fully saturated rings. The van der Waals surface area contributed by atoms with E-state index in [2.05, 4.69) is 10.2 Å². The van der Waals surface area contributed by atoms with Crippen LogP contribution in [0.4, 0.5) is 0 Å². The van der Waals surface area contributed by atoms with Crippen molar-refractivity contribution in [1.29, 1.82) is 5.26 Å². The van der Waals surface area contributed by atoms with Gasteiger partial charge in [-0.05, 0) is 19.1 Å². The molecular weight excluding hydrogens is 370 g/mol. The van der Waals surface area contributed by atoms with Crippen molar-refractivity contribution in [2.75, 3.05) is 39.4 Å².